The van der Waals surface area contributed by atoms with E-state index in [1.165, 1.54) is 6.42 Å². The predicted octanol–water partition coefficient (Wildman–Crippen LogP) is 3.65. The summed E-state index contributed by atoms with van der Waals surface area (Å²) in [6.45, 7) is 11.2. The first kappa shape index (κ1) is 15.4. The quantitative estimate of drug-likeness (QED) is 0.837. The molecule has 0 atom stereocenters. The van der Waals surface area contributed by atoms with Crippen molar-refractivity contribution in [1.29, 1.82) is 5.26 Å². The van der Waals surface area contributed by atoms with E-state index in [0.29, 0.717) is 5.92 Å². The van der Waals surface area contributed by atoms with E-state index in [4.69, 9.17) is 0 Å². The predicted molar refractivity (Wildman–Crippen MR) is 79.8 cm³/mol. The molecule has 0 aromatic carbocycles. The van der Waals surface area contributed by atoms with E-state index in [0.717, 1.165) is 25.7 Å². The maximum Gasteiger partial charge on any atom is 0.240 e. The van der Waals surface area contributed by atoms with Gasteiger partial charge in [0, 0.05) is 6.04 Å². The van der Waals surface area contributed by atoms with Crippen molar-refractivity contribution in [2.24, 2.45) is 22.2 Å². The molecule has 3 heteroatoms. The smallest absolute Gasteiger partial charge is 0.240 e. The number of hydrogen-bond donors (Lipinski definition) is 1. The molecule has 20 heavy (non-hydrogen) atoms. The van der Waals surface area contributed by atoms with Gasteiger partial charge >= 0.3 is 0 Å². The highest BCUT2D eigenvalue weighted by Gasteiger charge is 2.50. The van der Waals surface area contributed by atoms with E-state index in [1.807, 2.05) is 0 Å². The normalized spacial score (nSPS) is 35.7. The summed E-state index contributed by atoms with van der Waals surface area (Å²) in [5.74, 6) is 0.469. The van der Waals surface area contributed by atoms with Gasteiger partial charge in [-0.3, -0.25) is 4.79 Å². The molecular weight excluding hydrogens is 248 g/mol. The third-order valence-electron chi connectivity index (χ3n) is 4.93. The monoisotopic (exact) mass is 276 g/mol. The van der Waals surface area contributed by atoms with Crippen LogP contribution in [0.3, 0.4) is 0 Å². The molecule has 0 radical (unpaired) electrons. The van der Waals surface area contributed by atoms with Crippen LogP contribution < -0.4 is 5.32 Å². The standard InChI is InChI=1S/C17H28N2O/c1-12-6-17(7-12,11-18)14(20)19-13-8-15(2,3)10-16(4,5)9-13/h12-13H,6-10H2,1-5H3,(H,19,20). The summed E-state index contributed by atoms with van der Waals surface area (Å²) in [6, 6.07) is 2.47. The Morgan fingerprint density at radius 2 is 1.60 bits per heavy atom. The fraction of sp³-hybridized carbons (Fsp3) is 0.882. The SMILES string of the molecule is CC1CC(C#N)(C(=O)NC2CC(C)(C)CC(C)(C)C2)C1. The summed E-state index contributed by atoms with van der Waals surface area (Å²) in [5, 5.41) is 12.5. The van der Waals surface area contributed by atoms with E-state index < -0.39 is 5.41 Å². The van der Waals surface area contributed by atoms with Crippen LogP contribution >= 0.6 is 0 Å². The van der Waals surface area contributed by atoms with Crippen LogP contribution in [-0.4, -0.2) is 11.9 Å². The Balaban J connectivity index is 2.03. The maximum atomic E-state index is 12.5. The van der Waals surface area contributed by atoms with Crippen molar-refractivity contribution in [3.8, 4) is 6.07 Å². The largest absolute Gasteiger partial charge is 0.352 e. The third-order valence-corrected chi connectivity index (χ3v) is 4.93. The summed E-state index contributed by atoms with van der Waals surface area (Å²) < 4.78 is 0. The van der Waals surface area contributed by atoms with E-state index in [-0.39, 0.29) is 22.8 Å². The summed E-state index contributed by atoms with van der Waals surface area (Å²) in [6.07, 6.45) is 4.65. The van der Waals surface area contributed by atoms with E-state index >= 15 is 0 Å². The first-order chi connectivity index (χ1) is 9.07. The highest BCUT2D eigenvalue weighted by molar-refractivity contribution is 5.86. The minimum Gasteiger partial charge on any atom is -0.352 e. The van der Waals surface area contributed by atoms with Crippen molar-refractivity contribution in [2.45, 2.75) is 72.8 Å². The Kier molecular flexibility index (Phi) is 3.65. The number of carbonyl (C=O) groups excluding carboxylic acids is 1. The van der Waals surface area contributed by atoms with Crippen LogP contribution in [0.5, 0.6) is 0 Å². The molecule has 0 aromatic rings. The van der Waals surface area contributed by atoms with Crippen LogP contribution in [0.15, 0.2) is 0 Å². The van der Waals surface area contributed by atoms with Crippen LogP contribution in [0, 0.1) is 33.5 Å². The zero-order valence-corrected chi connectivity index (χ0v) is 13.5. The molecule has 0 spiro atoms. The second-order valence-corrected chi connectivity index (χ2v) is 8.79. The molecule has 0 heterocycles. The van der Waals surface area contributed by atoms with Gasteiger partial charge in [-0.2, -0.15) is 5.26 Å². The molecule has 2 aliphatic carbocycles. The number of nitrogens with one attached hydrogen (secondary N) is 1. The summed E-state index contributed by atoms with van der Waals surface area (Å²) >= 11 is 0. The average molecular weight is 276 g/mol. The van der Waals surface area contributed by atoms with Crippen LogP contribution in [0.25, 0.3) is 0 Å². The Bertz CT molecular complexity index is 422. The molecule has 0 aliphatic heterocycles. The number of rotatable bonds is 2. The van der Waals surface area contributed by atoms with Crippen molar-refractivity contribution in [3.63, 3.8) is 0 Å². The molecular formula is C17H28N2O. The summed E-state index contributed by atoms with van der Waals surface area (Å²) in [5.41, 5.74) is -0.232. The van der Waals surface area contributed by atoms with Crippen molar-refractivity contribution < 1.29 is 4.79 Å². The molecule has 3 nitrogen and oxygen atoms in total. The van der Waals surface area contributed by atoms with Crippen LogP contribution in [-0.2, 0) is 4.79 Å². The van der Waals surface area contributed by atoms with Crippen molar-refractivity contribution in [1.82, 2.24) is 5.32 Å². The fourth-order valence-electron chi connectivity index (χ4n) is 4.73. The number of carbonyl (C=O) groups is 1. The van der Waals surface area contributed by atoms with Gasteiger partial charge in [0.05, 0.1) is 6.07 Å². The Morgan fingerprint density at radius 3 is 2.00 bits per heavy atom. The van der Waals surface area contributed by atoms with E-state index in [2.05, 4.69) is 46.0 Å². The number of nitriles is 1. The van der Waals surface area contributed by atoms with Gasteiger partial charge < -0.3 is 5.32 Å². The molecule has 0 unspecified atom stereocenters. The summed E-state index contributed by atoms with van der Waals surface area (Å²) in [4.78, 5) is 12.5. The lowest BCUT2D eigenvalue weighted by Crippen LogP contribution is -2.53. The van der Waals surface area contributed by atoms with Gasteiger partial charge in [0.2, 0.25) is 5.91 Å². The first-order valence-corrected chi connectivity index (χ1v) is 7.80. The second-order valence-electron chi connectivity index (χ2n) is 8.79. The summed E-state index contributed by atoms with van der Waals surface area (Å²) in [7, 11) is 0. The fourth-order valence-corrected chi connectivity index (χ4v) is 4.73. The Labute approximate surface area is 123 Å². The average Bonchev–Trinajstić information content (AvgIpc) is 2.19. The molecule has 0 bridgehead atoms. The van der Waals surface area contributed by atoms with Crippen LogP contribution in [0.1, 0.15) is 66.7 Å². The lowest BCUT2D eigenvalue weighted by atomic mass is 9.61. The van der Waals surface area contributed by atoms with E-state index in [1.54, 1.807) is 0 Å². The zero-order valence-electron chi connectivity index (χ0n) is 13.5. The third kappa shape index (κ3) is 3.00. The molecule has 2 aliphatic rings. The molecule has 0 aromatic heterocycles. The van der Waals surface area contributed by atoms with Gasteiger partial charge in [-0.25, -0.2) is 0 Å². The number of hydrogen-bond acceptors (Lipinski definition) is 2. The lowest BCUT2D eigenvalue weighted by molar-refractivity contribution is -0.135. The highest BCUT2D eigenvalue weighted by Crippen LogP contribution is 2.48. The molecule has 1 amide bonds. The number of nitrogens with zero attached hydrogens (tertiary/aromatic N) is 1. The Morgan fingerprint density at radius 1 is 1.10 bits per heavy atom. The highest BCUT2D eigenvalue weighted by atomic mass is 16.2. The van der Waals surface area contributed by atoms with Gasteiger partial charge in [-0.1, -0.05) is 34.6 Å². The van der Waals surface area contributed by atoms with Gasteiger partial charge in [0.1, 0.15) is 5.41 Å². The van der Waals surface area contributed by atoms with Gasteiger partial charge in [0.25, 0.3) is 0 Å². The number of amides is 1. The van der Waals surface area contributed by atoms with Crippen molar-refractivity contribution in [3.05, 3.63) is 0 Å². The first-order valence-electron chi connectivity index (χ1n) is 7.80. The second kappa shape index (κ2) is 4.76. The molecule has 2 saturated carbocycles. The van der Waals surface area contributed by atoms with Gasteiger partial charge in [0.15, 0.2) is 0 Å². The minimum absolute atomic E-state index is 0.0309. The van der Waals surface area contributed by atoms with Gasteiger partial charge in [-0.15, -0.1) is 0 Å². The molecule has 2 fully saturated rings. The molecule has 2 rings (SSSR count). The van der Waals surface area contributed by atoms with Crippen molar-refractivity contribution >= 4 is 5.91 Å². The lowest BCUT2D eigenvalue weighted by Gasteiger charge is -2.47. The molecule has 0 saturated heterocycles. The van der Waals surface area contributed by atoms with Crippen LogP contribution in [0.4, 0.5) is 0 Å². The molecule has 112 valence electrons. The zero-order chi connectivity index (χ0) is 15.2. The topological polar surface area (TPSA) is 52.9 Å². The van der Waals surface area contributed by atoms with Crippen LogP contribution in [0.2, 0.25) is 0 Å². The Hall–Kier alpha value is -1.04. The van der Waals surface area contributed by atoms with E-state index in [9.17, 15) is 10.1 Å². The molecule has 1 N–H and O–H groups in total. The van der Waals surface area contributed by atoms with Gasteiger partial charge in [-0.05, 0) is 48.9 Å². The maximum absolute atomic E-state index is 12.5. The van der Waals surface area contributed by atoms with Crippen molar-refractivity contribution in [2.75, 3.05) is 0 Å². The minimum atomic E-state index is -0.745.